The molecule has 5 aromatic rings. The number of para-hydroxylation sites is 3. The van der Waals surface area contributed by atoms with Gasteiger partial charge in [0.05, 0.1) is 25.1 Å². The van der Waals surface area contributed by atoms with Gasteiger partial charge in [0.2, 0.25) is 0 Å². The van der Waals surface area contributed by atoms with Crippen molar-refractivity contribution in [2.75, 3.05) is 63.3 Å². The molecule has 0 bridgehead atoms. The third-order valence-electron chi connectivity index (χ3n) is 10.0. The molecule has 0 aliphatic carbocycles. The number of aryl methyl sites for hydroxylation is 1. The number of carboxylic acid groups (broad SMARTS) is 1. The van der Waals surface area contributed by atoms with E-state index < -0.39 is 5.97 Å². The molecule has 1 aliphatic rings. The van der Waals surface area contributed by atoms with Gasteiger partial charge in [0.15, 0.2) is 5.78 Å². The summed E-state index contributed by atoms with van der Waals surface area (Å²) in [7, 11) is 3.76. The molecule has 1 aromatic heterocycles. The van der Waals surface area contributed by atoms with Gasteiger partial charge >= 0.3 is 5.97 Å². The summed E-state index contributed by atoms with van der Waals surface area (Å²) in [4.78, 5) is 32.4. The van der Waals surface area contributed by atoms with E-state index in [2.05, 4.69) is 64.9 Å². The quantitative estimate of drug-likeness (QED) is 0.0746. The minimum absolute atomic E-state index is 0. The van der Waals surface area contributed by atoms with Gasteiger partial charge in [-0.2, -0.15) is 0 Å². The van der Waals surface area contributed by atoms with E-state index in [-0.39, 0.29) is 24.6 Å². The Hall–Kier alpha value is -4.99. The first-order valence-corrected chi connectivity index (χ1v) is 18.8. The van der Waals surface area contributed by atoms with E-state index in [4.69, 9.17) is 9.47 Å². The van der Waals surface area contributed by atoms with Gasteiger partial charge in [-0.3, -0.25) is 14.5 Å². The molecule has 9 nitrogen and oxygen atoms in total. The summed E-state index contributed by atoms with van der Waals surface area (Å²) in [6.07, 6.45) is 4.30. The average molecular weight is 753 g/mol. The number of carbonyl (C=O) groups is 2. The fourth-order valence-corrected chi connectivity index (χ4v) is 7.26. The van der Waals surface area contributed by atoms with Gasteiger partial charge in [-0.1, -0.05) is 56.3 Å². The van der Waals surface area contributed by atoms with Crippen LogP contribution in [-0.4, -0.2) is 79.8 Å². The topological polar surface area (TPSA) is 87.5 Å². The number of ether oxygens (including phenoxy) is 2. The molecule has 54 heavy (non-hydrogen) atoms. The highest BCUT2D eigenvalue weighted by Crippen LogP contribution is 2.36. The first-order chi connectivity index (χ1) is 25.7. The molecule has 0 spiro atoms. The molecule has 1 saturated heterocycles. The van der Waals surface area contributed by atoms with E-state index in [0.29, 0.717) is 42.4 Å². The van der Waals surface area contributed by atoms with Gasteiger partial charge in [-0.25, -0.2) is 0 Å². The highest BCUT2D eigenvalue weighted by molar-refractivity contribution is 6.16. The maximum absolute atomic E-state index is 14.2. The van der Waals surface area contributed by atoms with Gasteiger partial charge in [0.25, 0.3) is 0 Å². The smallest absolute Gasteiger partial charge is 0.303 e. The van der Waals surface area contributed by atoms with E-state index in [1.165, 1.54) is 5.56 Å². The van der Waals surface area contributed by atoms with Crippen molar-refractivity contribution in [2.45, 2.75) is 46.1 Å². The van der Waals surface area contributed by atoms with Gasteiger partial charge in [0, 0.05) is 86.7 Å². The Kier molecular flexibility index (Phi) is 14.0. The van der Waals surface area contributed by atoms with Crippen LogP contribution in [-0.2, 0) is 17.8 Å². The molecule has 0 atom stereocenters. The van der Waals surface area contributed by atoms with Gasteiger partial charge in [-0.05, 0) is 79.3 Å². The Balaban J connectivity index is 0.00000561. The van der Waals surface area contributed by atoms with E-state index >= 15 is 0 Å². The van der Waals surface area contributed by atoms with Gasteiger partial charge in [0.1, 0.15) is 11.5 Å². The van der Waals surface area contributed by atoms with E-state index in [9.17, 15) is 14.7 Å². The second-order valence-corrected chi connectivity index (χ2v) is 14.3. The Labute approximate surface area is 325 Å². The molecule has 2 heterocycles. The molecule has 1 N–H and O–H groups in total. The number of benzene rings is 4. The number of anilines is 3. The highest BCUT2D eigenvalue weighted by atomic mass is 35.5. The Morgan fingerprint density at radius 2 is 1.57 bits per heavy atom. The predicted molar refractivity (Wildman–Crippen MR) is 221 cm³/mol. The number of ketones is 1. The van der Waals surface area contributed by atoms with Crippen LogP contribution in [0.25, 0.3) is 10.9 Å². The van der Waals surface area contributed by atoms with Crippen LogP contribution in [0.1, 0.15) is 54.6 Å². The van der Waals surface area contributed by atoms with E-state index in [0.717, 1.165) is 79.3 Å². The van der Waals surface area contributed by atoms with Crippen LogP contribution in [0.4, 0.5) is 17.1 Å². The standard InChI is InChI=1S/C44H52N4O5.ClH/c1-32(2)29-33-16-19-35(20-17-33)45(3)39-21-18-34(44(51)37-31-48(23-9-15-43(49)50)38-12-6-5-11-36(37)38)30-42(39)53-28-10-22-46-24-26-47(27-25-46)40-13-7-8-14-41(40)52-4;/h5-8,11-14,16-21,30-32H,9-10,15,22-29H2,1-4H3,(H,49,50);1H. The monoisotopic (exact) mass is 752 g/mol. The Morgan fingerprint density at radius 1 is 0.852 bits per heavy atom. The van der Waals surface area contributed by atoms with Crippen LogP contribution >= 0.6 is 12.4 Å². The van der Waals surface area contributed by atoms with Crippen molar-refractivity contribution < 1.29 is 24.2 Å². The van der Waals surface area contributed by atoms with E-state index in [1.807, 2.05) is 72.4 Å². The SMILES string of the molecule is COc1ccccc1N1CCN(CCCOc2cc(C(=O)c3cn(CCCC(=O)O)c4ccccc34)ccc2N(C)c2ccc(CC(C)C)cc2)CC1.Cl. The maximum Gasteiger partial charge on any atom is 0.303 e. The molecule has 0 unspecified atom stereocenters. The van der Waals surface area contributed by atoms with Crippen molar-refractivity contribution in [2.24, 2.45) is 5.92 Å². The predicted octanol–water partition coefficient (Wildman–Crippen LogP) is 8.73. The Bertz CT molecular complexity index is 2000. The first kappa shape index (κ1) is 40.2. The number of nitrogens with zero attached hydrogens (tertiary/aromatic N) is 4. The molecule has 1 aliphatic heterocycles. The zero-order valence-electron chi connectivity index (χ0n) is 31.9. The summed E-state index contributed by atoms with van der Waals surface area (Å²) >= 11 is 0. The van der Waals surface area contributed by atoms with E-state index in [1.54, 1.807) is 7.11 Å². The second kappa shape index (κ2) is 18.9. The zero-order valence-corrected chi connectivity index (χ0v) is 32.7. The molecular formula is C44H53ClN4O5. The van der Waals surface area contributed by atoms with Crippen molar-refractivity contribution >= 4 is 52.1 Å². The van der Waals surface area contributed by atoms with Crippen LogP contribution in [0.2, 0.25) is 0 Å². The molecule has 0 saturated carbocycles. The van der Waals surface area contributed by atoms with Gasteiger partial charge < -0.3 is 28.9 Å². The third kappa shape index (κ3) is 9.75. The van der Waals surface area contributed by atoms with Crippen molar-refractivity contribution in [1.29, 1.82) is 0 Å². The number of hydrogen-bond donors (Lipinski definition) is 1. The Morgan fingerprint density at radius 3 is 2.30 bits per heavy atom. The van der Waals surface area contributed by atoms with Crippen molar-refractivity contribution in [1.82, 2.24) is 9.47 Å². The molecule has 0 amide bonds. The number of carboxylic acids is 1. The summed E-state index contributed by atoms with van der Waals surface area (Å²) in [5.41, 5.74) is 6.43. The number of carbonyl (C=O) groups excluding carboxylic acids is 1. The number of hydrogen-bond acceptors (Lipinski definition) is 7. The summed E-state index contributed by atoms with van der Waals surface area (Å²) in [6.45, 7) is 10.2. The number of methoxy groups -OCH3 is 1. The van der Waals surface area contributed by atoms with Crippen molar-refractivity contribution in [3.63, 3.8) is 0 Å². The third-order valence-corrected chi connectivity index (χ3v) is 10.0. The summed E-state index contributed by atoms with van der Waals surface area (Å²) in [6, 6.07) is 30.4. The largest absolute Gasteiger partial charge is 0.495 e. The second-order valence-electron chi connectivity index (χ2n) is 14.3. The minimum atomic E-state index is -0.825. The number of rotatable bonds is 17. The fraction of sp³-hybridized carbons (Fsp3) is 0.364. The lowest BCUT2D eigenvalue weighted by atomic mass is 10.0. The first-order valence-electron chi connectivity index (χ1n) is 18.8. The van der Waals surface area contributed by atoms with Crippen LogP contribution < -0.4 is 19.3 Å². The van der Waals surface area contributed by atoms with Crippen molar-refractivity contribution in [3.8, 4) is 11.5 Å². The zero-order chi connectivity index (χ0) is 37.3. The molecule has 10 heteroatoms. The number of fused-ring (bicyclic) bond motifs is 1. The lowest BCUT2D eigenvalue weighted by molar-refractivity contribution is -0.137. The molecule has 6 rings (SSSR count). The fourth-order valence-electron chi connectivity index (χ4n) is 7.26. The van der Waals surface area contributed by atoms with Crippen LogP contribution in [0.5, 0.6) is 11.5 Å². The van der Waals surface area contributed by atoms with Crippen molar-refractivity contribution in [3.05, 3.63) is 114 Å². The number of aromatic nitrogens is 1. The molecule has 0 radical (unpaired) electrons. The average Bonchev–Trinajstić information content (AvgIpc) is 3.54. The maximum atomic E-state index is 14.2. The van der Waals surface area contributed by atoms with Crippen LogP contribution in [0, 0.1) is 5.92 Å². The van der Waals surface area contributed by atoms with Gasteiger partial charge in [-0.15, -0.1) is 12.4 Å². The highest BCUT2D eigenvalue weighted by Gasteiger charge is 2.22. The van der Waals surface area contributed by atoms with Crippen LogP contribution in [0.15, 0.2) is 97.2 Å². The number of halogens is 1. The summed E-state index contributed by atoms with van der Waals surface area (Å²) < 4.78 is 14.1. The molecule has 1 fully saturated rings. The minimum Gasteiger partial charge on any atom is -0.495 e. The summed E-state index contributed by atoms with van der Waals surface area (Å²) in [5, 5.41) is 10.0. The molecular weight excluding hydrogens is 700 g/mol. The number of aliphatic carboxylic acids is 1. The summed E-state index contributed by atoms with van der Waals surface area (Å²) in [5.74, 6) is 1.23. The van der Waals surface area contributed by atoms with Crippen LogP contribution in [0.3, 0.4) is 0 Å². The molecule has 4 aromatic carbocycles. The molecule has 286 valence electrons. The normalized spacial score (nSPS) is 13.2. The number of piperazine rings is 1. The lowest BCUT2D eigenvalue weighted by Crippen LogP contribution is -2.46. The lowest BCUT2D eigenvalue weighted by Gasteiger charge is -2.36.